The molecule has 1 aromatic heterocycles. The third-order valence-electron chi connectivity index (χ3n) is 5.12. The maximum atomic E-state index is 7.50. The topological polar surface area (TPSA) is 66.0 Å². The lowest BCUT2D eigenvalue weighted by atomic mass is 9.68. The van der Waals surface area contributed by atoms with E-state index in [0.717, 1.165) is 18.8 Å². The van der Waals surface area contributed by atoms with Crippen molar-refractivity contribution >= 4 is 11.5 Å². The molecular formula is C16H24N4. The molecular weight excluding hydrogens is 248 g/mol. The fourth-order valence-electron chi connectivity index (χ4n) is 3.80. The molecule has 2 heterocycles. The lowest BCUT2D eigenvalue weighted by Gasteiger charge is -2.45. The summed E-state index contributed by atoms with van der Waals surface area (Å²) < 4.78 is 0. The molecule has 4 heteroatoms. The molecule has 1 aromatic rings. The first-order valence-electron chi connectivity index (χ1n) is 7.74. The summed E-state index contributed by atoms with van der Waals surface area (Å²) in [7, 11) is 0. The number of nitrogen functional groups attached to an aromatic ring is 1. The molecule has 0 unspecified atom stereocenters. The summed E-state index contributed by atoms with van der Waals surface area (Å²) in [5.74, 6) is 0.0487. The van der Waals surface area contributed by atoms with Crippen LogP contribution in [0.2, 0.25) is 0 Å². The molecule has 0 aromatic carbocycles. The normalized spacial score (nSPS) is 21.9. The third kappa shape index (κ3) is 2.65. The van der Waals surface area contributed by atoms with Gasteiger partial charge < -0.3 is 10.6 Å². The zero-order valence-corrected chi connectivity index (χ0v) is 12.1. The number of anilines is 1. The zero-order valence-electron chi connectivity index (χ0n) is 12.1. The quantitative estimate of drug-likeness (QED) is 0.642. The van der Waals surface area contributed by atoms with Crippen molar-refractivity contribution in [2.75, 3.05) is 18.0 Å². The summed E-state index contributed by atoms with van der Waals surface area (Å²) in [6, 6.07) is 3.98. The van der Waals surface area contributed by atoms with Crippen molar-refractivity contribution in [1.82, 2.24) is 4.98 Å². The maximum absolute atomic E-state index is 7.50. The van der Waals surface area contributed by atoms with Crippen molar-refractivity contribution in [2.45, 2.75) is 44.9 Å². The minimum Gasteiger partial charge on any atom is -0.382 e. The molecule has 0 atom stereocenters. The zero-order chi connectivity index (χ0) is 14.0. The number of amidine groups is 1. The Bertz CT molecular complexity index is 481. The number of nitrogens with two attached hydrogens (primary N) is 1. The molecule has 0 bridgehead atoms. The van der Waals surface area contributed by atoms with Crippen LogP contribution in [0, 0.1) is 10.8 Å². The number of pyridine rings is 1. The smallest absolute Gasteiger partial charge is 0.141 e. The van der Waals surface area contributed by atoms with Crippen molar-refractivity contribution in [3.63, 3.8) is 0 Å². The summed E-state index contributed by atoms with van der Waals surface area (Å²) in [6.07, 6.45) is 11.5. The van der Waals surface area contributed by atoms with Crippen LogP contribution in [0.4, 0.5) is 5.69 Å². The summed E-state index contributed by atoms with van der Waals surface area (Å²) in [5, 5.41) is 7.50. The monoisotopic (exact) mass is 272 g/mol. The van der Waals surface area contributed by atoms with Gasteiger partial charge in [-0.1, -0.05) is 19.3 Å². The van der Waals surface area contributed by atoms with Gasteiger partial charge in [0.2, 0.25) is 0 Å². The van der Waals surface area contributed by atoms with Crippen molar-refractivity contribution in [2.24, 2.45) is 11.1 Å². The molecule has 0 radical (unpaired) electrons. The SMILES string of the molecule is N=C(N)c1cc(N2CCC3(CCCCC3)CC2)ccn1. The van der Waals surface area contributed by atoms with E-state index in [1.54, 1.807) is 6.20 Å². The molecule has 2 fully saturated rings. The van der Waals surface area contributed by atoms with E-state index in [4.69, 9.17) is 11.1 Å². The Morgan fingerprint density at radius 2 is 1.85 bits per heavy atom. The van der Waals surface area contributed by atoms with Crippen LogP contribution in [0.15, 0.2) is 18.3 Å². The number of piperidine rings is 1. The van der Waals surface area contributed by atoms with Gasteiger partial charge in [-0.3, -0.25) is 10.4 Å². The third-order valence-corrected chi connectivity index (χ3v) is 5.12. The molecule has 1 saturated heterocycles. The second-order valence-electron chi connectivity index (χ2n) is 6.36. The number of nitrogens with zero attached hydrogens (tertiary/aromatic N) is 2. The molecule has 1 aliphatic carbocycles. The average Bonchev–Trinajstić information content (AvgIpc) is 2.49. The fraction of sp³-hybridized carbons (Fsp3) is 0.625. The van der Waals surface area contributed by atoms with Gasteiger partial charge in [0.15, 0.2) is 0 Å². The van der Waals surface area contributed by atoms with Crippen LogP contribution < -0.4 is 10.6 Å². The molecule has 2 aliphatic rings. The molecule has 4 nitrogen and oxygen atoms in total. The lowest BCUT2D eigenvalue weighted by molar-refractivity contribution is 0.144. The van der Waals surface area contributed by atoms with Crippen molar-refractivity contribution in [3.8, 4) is 0 Å². The Labute approximate surface area is 120 Å². The average molecular weight is 272 g/mol. The first-order valence-corrected chi connectivity index (χ1v) is 7.74. The second kappa shape index (κ2) is 5.43. The van der Waals surface area contributed by atoms with Gasteiger partial charge in [0.05, 0.1) is 0 Å². The van der Waals surface area contributed by atoms with Crippen molar-refractivity contribution in [1.29, 1.82) is 5.41 Å². The summed E-state index contributed by atoms with van der Waals surface area (Å²) in [5.41, 5.74) is 7.90. The van der Waals surface area contributed by atoms with Crippen LogP contribution in [0.5, 0.6) is 0 Å². The lowest BCUT2D eigenvalue weighted by Crippen LogP contribution is -2.41. The summed E-state index contributed by atoms with van der Waals surface area (Å²) in [4.78, 5) is 6.57. The molecule has 0 amide bonds. The van der Waals surface area contributed by atoms with Gasteiger partial charge in [0, 0.05) is 25.0 Å². The van der Waals surface area contributed by atoms with Crippen LogP contribution >= 0.6 is 0 Å². The number of aromatic nitrogens is 1. The number of hydrogen-bond donors (Lipinski definition) is 2. The van der Waals surface area contributed by atoms with Crippen molar-refractivity contribution in [3.05, 3.63) is 24.0 Å². The minimum atomic E-state index is 0.0487. The van der Waals surface area contributed by atoms with E-state index in [9.17, 15) is 0 Å². The fourth-order valence-corrected chi connectivity index (χ4v) is 3.80. The van der Waals surface area contributed by atoms with Crippen LogP contribution in [0.1, 0.15) is 50.6 Å². The van der Waals surface area contributed by atoms with Crippen LogP contribution in [0.3, 0.4) is 0 Å². The van der Waals surface area contributed by atoms with Gasteiger partial charge >= 0.3 is 0 Å². The summed E-state index contributed by atoms with van der Waals surface area (Å²) in [6.45, 7) is 2.25. The first-order chi connectivity index (χ1) is 9.69. The van der Waals surface area contributed by atoms with E-state index in [1.807, 2.05) is 12.1 Å². The van der Waals surface area contributed by atoms with Gasteiger partial charge in [-0.05, 0) is 43.2 Å². The molecule has 1 aliphatic heterocycles. The predicted molar refractivity (Wildman–Crippen MR) is 82.2 cm³/mol. The Morgan fingerprint density at radius 3 is 2.50 bits per heavy atom. The number of hydrogen-bond acceptors (Lipinski definition) is 3. The second-order valence-corrected chi connectivity index (χ2v) is 6.36. The van der Waals surface area contributed by atoms with E-state index >= 15 is 0 Å². The maximum Gasteiger partial charge on any atom is 0.141 e. The van der Waals surface area contributed by atoms with E-state index < -0.39 is 0 Å². The van der Waals surface area contributed by atoms with Gasteiger partial charge in [-0.2, -0.15) is 0 Å². The van der Waals surface area contributed by atoms with Gasteiger partial charge in [-0.15, -0.1) is 0 Å². The number of rotatable bonds is 2. The highest BCUT2D eigenvalue weighted by atomic mass is 15.1. The van der Waals surface area contributed by atoms with Gasteiger partial charge in [0.25, 0.3) is 0 Å². The van der Waals surface area contributed by atoms with E-state index in [2.05, 4.69) is 9.88 Å². The molecule has 1 spiro atoms. The van der Waals surface area contributed by atoms with E-state index in [1.165, 1.54) is 44.9 Å². The Hall–Kier alpha value is -1.58. The van der Waals surface area contributed by atoms with Gasteiger partial charge in [0.1, 0.15) is 11.5 Å². The highest BCUT2D eigenvalue weighted by Crippen LogP contribution is 2.45. The van der Waals surface area contributed by atoms with E-state index in [0.29, 0.717) is 11.1 Å². The molecule has 3 N–H and O–H groups in total. The highest BCUT2D eigenvalue weighted by molar-refractivity contribution is 5.93. The molecule has 3 rings (SSSR count). The minimum absolute atomic E-state index is 0.0487. The molecule has 1 saturated carbocycles. The van der Waals surface area contributed by atoms with Crippen LogP contribution in [-0.4, -0.2) is 23.9 Å². The summed E-state index contributed by atoms with van der Waals surface area (Å²) >= 11 is 0. The standard InChI is InChI=1S/C16H24N4/c17-15(18)14-12-13(4-9-19-14)20-10-7-16(8-11-20)5-2-1-3-6-16/h4,9,12H,1-3,5-8,10-11H2,(H3,17,18). The predicted octanol–water partition coefficient (Wildman–Crippen LogP) is 2.92. The Balaban J connectivity index is 1.68. The highest BCUT2D eigenvalue weighted by Gasteiger charge is 2.35. The van der Waals surface area contributed by atoms with Crippen LogP contribution in [-0.2, 0) is 0 Å². The molecule has 20 heavy (non-hydrogen) atoms. The largest absolute Gasteiger partial charge is 0.382 e. The Morgan fingerprint density at radius 1 is 1.15 bits per heavy atom. The van der Waals surface area contributed by atoms with Crippen molar-refractivity contribution < 1.29 is 0 Å². The Kier molecular flexibility index (Phi) is 3.64. The van der Waals surface area contributed by atoms with Gasteiger partial charge in [-0.25, -0.2) is 0 Å². The molecule has 108 valence electrons. The first kappa shape index (κ1) is 13.4. The van der Waals surface area contributed by atoms with Crippen LogP contribution in [0.25, 0.3) is 0 Å². The number of nitrogens with one attached hydrogen (secondary N) is 1. The van der Waals surface area contributed by atoms with E-state index in [-0.39, 0.29) is 5.84 Å².